The summed E-state index contributed by atoms with van der Waals surface area (Å²) in [5, 5.41) is 26.5. The number of nitrogens with one attached hydrogen (secondary N) is 6. The lowest BCUT2D eigenvalue weighted by atomic mass is 9.98. The Bertz CT molecular complexity index is 2430. The van der Waals surface area contributed by atoms with Crippen LogP contribution in [-0.2, 0) is 52.8 Å². The van der Waals surface area contributed by atoms with Gasteiger partial charge in [0, 0.05) is 17.7 Å². The van der Waals surface area contributed by atoms with Crippen molar-refractivity contribution >= 4 is 58.3 Å². The van der Waals surface area contributed by atoms with E-state index < -0.39 is 85.3 Å². The van der Waals surface area contributed by atoms with Crippen molar-refractivity contribution in [3.63, 3.8) is 0 Å². The Labute approximate surface area is 373 Å². The molecule has 0 fully saturated rings. The molecular formula is C48H48N6O9S. The number of aryl methyl sites for hydroxylation is 1. The summed E-state index contributed by atoms with van der Waals surface area (Å²) in [4.78, 5) is 94.4. The van der Waals surface area contributed by atoms with E-state index in [2.05, 4.69) is 38.5 Å². The second-order valence-corrected chi connectivity index (χ2v) is 16.0. The third-order valence-corrected chi connectivity index (χ3v) is 11.3. The van der Waals surface area contributed by atoms with E-state index in [9.17, 15) is 33.6 Å². The number of hydrogen-bond donors (Lipinski definition) is 7. The fourth-order valence-electron chi connectivity index (χ4n) is 6.89. The van der Waals surface area contributed by atoms with Crippen LogP contribution in [0.2, 0.25) is 0 Å². The molecule has 0 radical (unpaired) electrons. The molecule has 0 aliphatic carbocycles. The molecule has 0 spiro atoms. The van der Waals surface area contributed by atoms with Crippen molar-refractivity contribution in [2.45, 2.75) is 49.9 Å². The zero-order valence-corrected chi connectivity index (χ0v) is 35.5. The Hall–Kier alpha value is -7.59. The first-order valence-corrected chi connectivity index (χ1v) is 21.4. The second kappa shape index (κ2) is 22.5. The standard InChI is InChI=1S/C48H48N6O9S/c1-30(40-13-8-24-64-40)44-48(62)53-39(26-32-14-19-35(20-15-32)34-11-6-3-7-12-34)47(61)51-37(23-18-31-9-4-2-5-10-31)46(60)52-38(45(59)50-27-41(55)49-28-43(57)58)25-33-16-21-36(22-17-33)63-29-42(56)54-44/h2-17,19-22,24,37-39,44H,1,18,23,25-29H2,(H,49,55)(H,50,59)(H,51,61)(H,52,60)(H,53,62)(H,54,56)(H,57,58). The van der Waals surface area contributed by atoms with Crippen molar-refractivity contribution < 1.29 is 43.4 Å². The number of aliphatic carboxylic acids is 1. The van der Waals surface area contributed by atoms with Gasteiger partial charge in [-0.2, -0.15) is 0 Å². The van der Waals surface area contributed by atoms with E-state index in [-0.39, 0.29) is 24.8 Å². The Morgan fingerprint density at radius 1 is 0.688 bits per heavy atom. The first-order valence-electron chi connectivity index (χ1n) is 20.5. The lowest BCUT2D eigenvalue weighted by Gasteiger charge is -2.27. The predicted molar refractivity (Wildman–Crippen MR) is 241 cm³/mol. The van der Waals surface area contributed by atoms with E-state index in [0.717, 1.165) is 16.7 Å². The van der Waals surface area contributed by atoms with Gasteiger partial charge in [0.05, 0.1) is 6.54 Å². The Balaban J connectivity index is 1.34. The number of thiophene rings is 1. The zero-order chi connectivity index (χ0) is 45.4. The minimum absolute atomic E-state index is 0.0160. The molecule has 2 aliphatic rings. The SMILES string of the molecule is C=C(c1cccs1)C1NC(=O)COc2ccc(cc2)CC(C(=O)NCC(=O)NCC(=O)O)NC(=O)C(CCc2ccccc2)NC(=O)C(Cc2ccc(-c3ccccc3)cc2)NC1=O. The molecule has 3 heterocycles. The normalized spacial score (nSPS) is 18.3. The molecule has 1 aromatic heterocycles. The number of carboxylic acid groups (broad SMARTS) is 1. The van der Waals surface area contributed by atoms with Gasteiger partial charge in [-0.25, -0.2) is 0 Å². The second-order valence-electron chi connectivity index (χ2n) is 15.0. The van der Waals surface area contributed by atoms with Crippen LogP contribution in [0.5, 0.6) is 5.75 Å². The molecule has 7 rings (SSSR count). The highest BCUT2D eigenvalue weighted by molar-refractivity contribution is 7.11. The minimum Gasteiger partial charge on any atom is -0.484 e. The van der Waals surface area contributed by atoms with E-state index in [1.165, 1.54) is 11.3 Å². The van der Waals surface area contributed by atoms with Crippen LogP contribution in [0.15, 0.2) is 133 Å². The van der Waals surface area contributed by atoms with Crippen LogP contribution in [0, 0.1) is 0 Å². The quantitative estimate of drug-likeness (QED) is 0.0863. The van der Waals surface area contributed by atoms with E-state index in [1.807, 2.05) is 84.9 Å². The summed E-state index contributed by atoms with van der Waals surface area (Å²) in [7, 11) is 0. The van der Waals surface area contributed by atoms with Crippen LogP contribution in [0.1, 0.15) is 28.0 Å². The topological polar surface area (TPSA) is 221 Å². The minimum atomic E-state index is -1.32. The summed E-state index contributed by atoms with van der Waals surface area (Å²) in [6.45, 7) is 2.43. The highest BCUT2D eigenvalue weighted by Crippen LogP contribution is 2.24. The van der Waals surface area contributed by atoms with Crippen LogP contribution in [0.4, 0.5) is 0 Å². The van der Waals surface area contributed by atoms with Crippen molar-refractivity contribution in [1.29, 1.82) is 0 Å². The number of ether oxygens (including phenoxy) is 1. The number of fused-ring (bicyclic) bond motifs is 16. The number of rotatable bonds is 13. The van der Waals surface area contributed by atoms with Crippen molar-refractivity contribution in [3.8, 4) is 16.9 Å². The van der Waals surface area contributed by atoms with Gasteiger partial charge in [-0.3, -0.25) is 33.6 Å². The Morgan fingerprint density at radius 3 is 2.02 bits per heavy atom. The van der Waals surface area contributed by atoms with Gasteiger partial charge >= 0.3 is 5.97 Å². The lowest BCUT2D eigenvalue weighted by molar-refractivity contribution is -0.138. The van der Waals surface area contributed by atoms with Crippen LogP contribution < -0.4 is 36.6 Å². The number of carbonyl (C=O) groups is 7. The fourth-order valence-corrected chi connectivity index (χ4v) is 7.62. The molecule has 2 bridgehead atoms. The van der Waals surface area contributed by atoms with Gasteiger partial charge in [0.25, 0.3) is 5.91 Å². The Morgan fingerprint density at radius 2 is 1.34 bits per heavy atom. The third kappa shape index (κ3) is 13.5. The number of amides is 6. The molecule has 330 valence electrons. The largest absolute Gasteiger partial charge is 0.484 e. The zero-order valence-electron chi connectivity index (χ0n) is 34.7. The van der Waals surface area contributed by atoms with E-state index >= 15 is 0 Å². The molecule has 0 saturated heterocycles. The lowest BCUT2D eigenvalue weighted by Crippen LogP contribution is -2.59. The maximum atomic E-state index is 14.6. The fraction of sp³-hybridized carbons (Fsp3) is 0.229. The highest BCUT2D eigenvalue weighted by Gasteiger charge is 2.33. The summed E-state index contributed by atoms with van der Waals surface area (Å²) < 4.78 is 5.75. The summed E-state index contributed by atoms with van der Waals surface area (Å²) >= 11 is 1.32. The van der Waals surface area contributed by atoms with Crippen LogP contribution in [0.25, 0.3) is 16.7 Å². The van der Waals surface area contributed by atoms with Gasteiger partial charge in [-0.05, 0) is 69.8 Å². The van der Waals surface area contributed by atoms with E-state index in [0.29, 0.717) is 28.2 Å². The van der Waals surface area contributed by atoms with Gasteiger partial charge in [0.2, 0.25) is 29.5 Å². The summed E-state index contributed by atoms with van der Waals surface area (Å²) in [5.41, 5.74) is 4.32. The van der Waals surface area contributed by atoms with Crippen molar-refractivity contribution in [1.82, 2.24) is 31.9 Å². The van der Waals surface area contributed by atoms with E-state index in [1.54, 1.807) is 41.8 Å². The molecule has 15 nitrogen and oxygen atoms in total. The van der Waals surface area contributed by atoms with Crippen LogP contribution >= 0.6 is 11.3 Å². The summed E-state index contributed by atoms with van der Waals surface area (Å²) in [6.07, 6.45) is 0.338. The van der Waals surface area contributed by atoms with Crippen molar-refractivity contribution in [2.24, 2.45) is 0 Å². The molecule has 64 heavy (non-hydrogen) atoms. The average Bonchev–Trinajstić information content (AvgIpc) is 3.86. The molecule has 4 aromatic carbocycles. The van der Waals surface area contributed by atoms with Gasteiger partial charge in [-0.1, -0.05) is 110 Å². The molecule has 0 saturated carbocycles. The monoisotopic (exact) mass is 884 g/mol. The summed E-state index contributed by atoms with van der Waals surface area (Å²) in [5.74, 6) is -5.30. The Kier molecular flexibility index (Phi) is 16.1. The van der Waals surface area contributed by atoms with Gasteiger partial charge in [0.15, 0.2) is 6.61 Å². The molecule has 16 heteroatoms. The molecule has 7 N–H and O–H groups in total. The average molecular weight is 885 g/mol. The molecular weight excluding hydrogens is 837 g/mol. The number of carbonyl (C=O) groups excluding carboxylic acids is 6. The van der Waals surface area contributed by atoms with Crippen molar-refractivity contribution in [3.05, 3.63) is 155 Å². The van der Waals surface area contributed by atoms with Crippen LogP contribution in [0.3, 0.4) is 0 Å². The molecule has 6 amide bonds. The third-order valence-electron chi connectivity index (χ3n) is 10.3. The summed E-state index contributed by atoms with van der Waals surface area (Å²) in [6, 6.07) is 31.3. The van der Waals surface area contributed by atoms with Gasteiger partial charge < -0.3 is 41.7 Å². The highest BCUT2D eigenvalue weighted by atomic mass is 32.1. The van der Waals surface area contributed by atoms with Gasteiger partial charge in [0.1, 0.15) is 36.5 Å². The predicted octanol–water partition coefficient (Wildman–Crippen LogP) is 3.20. The van der Waals surface area contributed by atoms with E-state index in [4.69, 9.17) is 9.84 Å². The smallest absolute Gasteiger partial charge is 0.322 e. The maximum Gasteiger partial charge on any atom is 0.322 e. The molecule has 5 aromatic rings. The van der Waals surface area contributed by atoms with Crippen molar-refractivity contribution in [2.75, 3.05) is 19.7 Å². The number of benzene rings is 4. The first-order chi connectivity index (χ1) is 30.9. The molecule has 2 aliphatic heterocycles. The maximum absolute atomic E-state index is 14.6. The first kappa shape index (κ1) is 45.9. The number of carboxylic acids is 1. The molecule has 4 atom stereocenters. The number of hydrogen-bond acceptors (Lipinski definition) is 9. The molecule has 4 unspecified atom stereocenters. The van der Waals surface area contributed by atoms with Gasteiger partial charge in [-0.15, -0.1) is 11.3 Å². The van der Waals surface area contributed by atoms with Crippen LogP contribution in [-0.4, -0.2) is 90.4 Å².